The third kappa shape index (κ3) is 4.19. The highest BCUT2D eigenvalue weighted by Crippen LogP contribution is 2.59. The summed E-state index contributed by atoms with van der Waals surface area (Å²) in [6, 6.07) is 29.4. The van der Waals surface area contributed by atoms with Crippen molar-refractivity contribution >= 4 is 22.9 Å². The zero-order valence-corrected chi connectivity index (χ0v) is 25.8. The molecule has 7 aromatic carbocycles. The van der Waals surface area contributed by atoms with Crippen LogP contribution < -0.4 is 0 Å². The minimum atomic E-state index is -0.847. The molecule has 2 aliphatic rings. The van der Waals surface area contributed by atoms with Crippen LogP contribution in [0, 0.1) is 0 Å². The van der Waals surface area contributed by atoms with Crippen molar-refractivity contribution in [1.82, 2.24) is 15.0 Å². The van der Waals surface area contributed by atoms with E-state index in [-0.39, 0.29) is 28.6 Å². The topological polar surface area (TPSA) is 38.7 Å². The van der Waals surface area contributed by atoms with Crippen LogP contribution in [0.5, 0.6) is 0 Å². The molecule has 10 rings (SSSR count). The SMILES string of the molecule is [2H]c1c([2H])c([2H])c(-c2nc(-c3ccc4c(c3)C3(c5ccccc5C=C4)c4ccccc4-c4cc5ccccc5cc43)nc(-c3c([2H])c([2H])c([2H])c([2H])c3[2H])n2)c([2H])c1[2H]. The van der Waals surface area contributed by atoms with Gasteiger partial charge < -0.3 is 0 Å². The van der Waals surface area contributed by atoms with Crippen molar-refractivity contribution < 1.29 is 13.7 Å². The number of rotatable bonds is 3. The number of aromatic nitrogens is 3. The molecule has 0 aliphatic heterocycles. The van der Waals surface area contributed by atoms with Gasteiger partial charge in [0.2, 0.25) is 0 Å². The highest BCUT2D eigenvalue weighted by atomic mass is 15.0. The first kappa shape index (κ1) is 19.4. The summed E-state index contributed by atoms with van der Waals surface area (Å²) in [5.74, 6) is -0.619. The third-order valence-corrected chi connectivity index (χ3v) is 9.52. The summed E-state index contributed by atoms with van der Waals surface area (Å²) in [5.41, 5.74) is 7.26. The van der Waals surface area contributed by atoms with Crippen LogP contribution in [0.15, 0.2) is 164 Å². The molecule has 8 aromatic rings. The van der Waals surface area contributed by atoms with Crippen LogP contribution in [-0.4, -0.2) is 15.0 Å². The van der Waals surface area contributed by atoms with Gasteiger partial charge >= 0.3 is 0 Å². The van der Waals surface area contributed by atoms with E-state index in [1.54, 1.807) is 0 Å². The minimum Gasteiger partial charge on any atom is -0.208 e. The fourth-order valence-corrected chi connectivity index (χ4v) is 7.47. The molecule has 228 valence electrons. The summed E-state index contributed by atoms with van der Waals surface area (Å²) in [5, 5.41) is 2.19. The standard InChI is InChI=1S/C46H29N3/c1-3-14-32(15-4-1)43-47-44(33-16-5-2-6-17-33)49-45(48-43)36-26-25-31-24-23-30-13-9-11-21-39(30)46(41(31)29-36)40-22-12-10-20-37(40)38-27-34-18-7-8-19-35(34)28-42(38)46/h1-29H/i1D,2D,3D,4D,5D,6D,14D,15D,16D,17D. The van der Waals surface area contributed by atoms with Gasteiger partial charge in [0.15, 0.2) is 17.5 Å². The van der Waals surface area contributed by atoms with E-state index >= 15 is 0 Å². The normalized spacial score (nSPS) is 18.2. The molecule has 49 heavy (non-hydrogen) atoms. The molecule has 2 aliphatic carbocycles. The Kier molecular flexibility index (Phi) is 4.27. The van der Waals surface area contributed by atoms with Gasteiger partial charge in [0.1, 0.15) is 0 Å². The molecular weight excluding hydrogens is 595 g/mol. The van der Waals surface area contributed by atoms with Crippen molar-refractivity contribution in [3.05, 3.63) is 197 Å². The van der Waals surface area contributed by atoms with Crippen LogP contribution in [0.3, 0.4) is 0 Å². The Hall–Kier alpha value is -6.45. The molecule has 0 amide bonds. The maximum Gasteiger partial charge on any atom is 0.164 e. The Balaban J connectivity index is 1.31. The van der Waals surface area contributed by atoms with Gasteiger partial charge in [-0.15, -0.1) is 0 Å². The van der Waals surface area contributed by atoms with Gasteiger partial charge in [0.05, 0.1) is 19.1 Å². The number of hydrogen-bond acceptors (Lipinski definition) is 3. The monoisotopic (exact) mass is 633 g/mol. The summed E-state index contributed by atoms with van der Waals surface area (Å²) in [4.78, 5) is 14.0. The molecule has 0 fully saturated rings. The second kappa shape index (κ2) is 10.8. The summed E-state index contributed by atoms with van der Waals surface area (Å²) >= 11 is 0. The first-order valence-electron chi connectivity index (χ1n) is 20.9. The molecule has 0 bridgehead atoms. The molecule has 0 N–H and O–H groups in total. The highest BCUT2D eigenvalue weighted by Gasteiger charge is 2.48. The summed E-state index contributed by atoms with van der Waals surface area (Å²) < 4.78 is 85.1. The van der Waals surface area contributed by atoms with Crippen LogP contribution in [-0.2, 0) is 5.41 Å². The fourth-order valence-electron chi connectivity index (χ4n) is 7.47. The van der Waals surface area contributed by atoms with Crippen molar-refractivity contribution in [2.45, 2.75) is 5.41 Å². The lowest BCUT2D eigenvalue weighted by Gasteiger charge is -2.35. The zero-order valence-electron chi connectivity index (χ0n) is 35.8. The van der Waals surface area contributed by atoms with Crippen molar-refractivity contribution in [1.29, 1.82) is 0 Å². The molecule has 0 saturated heterocycles. The van der Waals surface area contributed by atoms with Crippen LogP contribution in [0.2, 0.25) is 0 Å². The largest absolute Gasteiger partial charge is 0.208 e. The Morgan fingerprint density at radius 2 is 0.959 bits per heavy atom. The number of nitrogens with zero attached hydrogens (tertiary/aromatic N) is 3. The molecule has 3 heteroatoms. The lowest BCUT2D eigenvalue weighted by Crippen LogP contribution is -2.30. The first-order valence-corrected chi connectivity index (χ1v) is 15.9. The van der Waals surface area contributed by atoms with E-state index in [1.165, 1.54) is 0 Å². The molecule has 1 atom stereocenters. The lowest BCUT2D eigenvalue weighted by molar-refractivity contribution is 0.767. The summed E-state index contributed by atoms with van der Waals surface area (Å²) in [7, 11) is 0. The highest BCUT2D eigenvalue weighted by molar-refractivity contribution is 5.98. The Morgan fingerprint density at radius 1 is 0.408 bits per heavy atom. The van der Waals surface area contributed by atoms with Crippen molar-refractivity contribution in [3.63, 3.8) is 0 Å². The predicted molar refractivity (Wildman–Crippen MR) is 200 cm³/mol. The van der Waals surface area contributed by atoms with Gasteiger partial charge in [-0.2, -0.15) is 0 Å². The van der Waals surface area contributed by atoms with E-state index in [9.17, 15) is 0 Å². The van der Waals surface area contributed by atoms with E-state index in [0.717, 1.165) is 55.3 Å². The van der Waals surface area contributed by atoms with Crippen LogP contribution in [0.4, 0.5) is 0 Å². The first-order chi connectivity index (χ1) is 28.4. The van der Waals surface area contributed by atoms with Crippen molar-refractivity contribution in [2.75, 3.05) is 0 Å². The summed E-state index contributed by atoms with van der Waals surface area (Å²) in [6.07, 6.45) is 4.19. The molecule has 1 aromatic heterocycles. The smallest absolute Gasteiger partial charge is 0.164 e. The number of hydrogen-bond donors (Lipinski definition) is 0. The van der Waals surface area contributed by atoms with Crippen LogP contribution in [0.1, 0.15) is 47.1 Å². The van der Waals surface area contributed by atoms with Crippen molar-refractivity contribution in [2.24, 2.45) is 0 Å². The van der Waals surface area contributed by atoms with Gasteiger partial charge in [-0.3, -0.25) is 0 Å². The fraction of sp³-hybridized carbons (Fsp3) is 0.0217. The van der Waals surface area contributed by atoms with Crippen LogP contribution in [0.25, 0.3) is 68.2 Å². The van der Waals surface area contributed by atoms with Gasteiger partial charge in [0.25, 0.3) is 0 Å². The second-order valence-corrected chi connectivity index (χ2v) is 12.1. The Morgan fingerprint density at radius 3 is 1.65 bits per heavy atom. The molecule has 0 saturated carbocycles. The maximum absolute atomic E-state index is 8.79. The third-order valence-electron chi connectivity index (χ3n) is 9.52. The van der Waals surface area contributed by atoms with Gasteiger partial charge in [0, 0.05) is 16.7 Å². The number of fused-ring (bicyclic) bond motifs is 10. The van der Waals surface area contributed by atoms with E-state index in [0.29, 0.717) is 5.56 Å². The van der Waals surface area contributed by atoms with E-state index in [2.05, 4.69) is 65.7 Å². The Labute approximate surface area is 299 Å². The lowest BCUT2D eigenvalue weighted by atomic mass is 9.65. The molecular formula is C46H29N3. The van der Waals surface area contributed by atoms with Gasteiger partial charge in [-0.05, 0) is 73.5 Å². The summed E-state index contributed by atoms with van der Waals surface area (Å²) in [6.45, 7) is 0. The molecule has 0 radical (unpaired) electrons. The number of benzene rings is 7. The zero-order chi connectivity index (χ0) is 41.1. The average Bonchev–Trinajstić information content (AvgIpc) is 3.44. The van der Waals surface area contributed by atoms with Gasteiger partial charge in [-0.1, -0.05) is 158 Å². The quantitative estimate of drug-likeness (QED) is 0.194. The predicted octanol–water partition coefficient (Wildman–Crippen LogP) is 10.9. The molecule has 1 heterocycles. The van der Waals surface area contributed by atoms with Crippen LogP contribution >= 0.6 is 0 Å². The minimum absolute atomic E-state index is 0.00750. The van der Waals surface area contributed by atoms with Crippen molar-refractivity contribution in [3.8, 4) is 45.3 Å². The van der Waals surface area contributed by atoms with E-state index in [4.69, 9.17) is 23.7 Å². The molecule has 1 unspecified atom stereocenters. The average molecular weight is 634 g/mol. The maximum atomic E-state index is 8.79. The Bertz CT molecular complexity index is 3050. The second-order valence-electron chi connectivity index (χ2n) is 12.1. The molecule has 1 spiro atoms. The van der Waals surface area contributed by atoms with E-state index in [1.807, 2.05) is 54.6 Å². The van der Waals surface area contributed by atoms with E-state index < -0.39 is 65.8 Å². The van der Waals surface area contributed by atoms with Gasteiger partial charge in [-0.25, -0.2) is 15.0 Å². The molecule has 3 nitrogen and oxygen atoms in total.